The van der Waals surface area contributed by atoms with Crippen molar-refractivity contribution in [3.63, 3.8) is 0 Å². The Hall–Kier alpha value is -3.38. The number of aryl methyl sites for hydroxylation is 1. The van der Waals surface area contributed by atoms with E-state index in [1.54, 1.807) is 26.0 Å². The number of carboxylic acids is 1. The van der Waals surface area contributed by atoms with Gasteiger partial charge >= 0.3 is 5.97 Å². The van der Waals surface area contributed by atoms with E-state index in [4.69, 9.17) is 19.3 Å². The van der Waals surface area contributed by atoms with Gasteiger partial charge in [-0.15, -0.1) is 11.8 Å². The third-order valence-corrected chi connectivity index (χ3v) is 5.75. The molecule has 0 heterocycles. The second-order valence-corrected chi connectivity index (χ2v) is 8.03. The van der Waals surface area contributed by atoms with Crippen molar-refractivity contribution in [1.82, 2.24) is 0 Å². The van der Waals surface area contributed by atoms with Gasteiger partial charge in [-0.1, -0.05) is 42.5 Å². The van der Waals surface area contributed by atoms with E-state index in [-0.39, 0.29) is 6.61 Å². The fourth-order valence-electron chi connectivity index (χ4n) is 3.33. The van der Waals surface area contributed by atoms with E-state index in [2.05, 4.69) is 6.08 Å². The standard InChI is InChI=1S/C26H26O5S/c1-18-16-19(12-13-23(18)31-17-26(27)28)32-15-14-20(21-8-4-6-10-24(21)29-2)22-9-5-7-11-25(22)30-3/h4-14,16H,15,17H2,1-3H3,(H,27,28). The van der Waals surface area contributed by atoms with Crippen molar-refractivity contribution in [2.24, 2.45) is 0 Å². The molecular weight excluding hydrogens is 424 g/mol. The monoisotopic (exact) mass is 450 g/mol. The molecular formula is C26H26O5S. The van der Waals surface area contributed by atoms with E-state index in [9.17, 15) is 4.79 Å². The van der Waals surface area contributed by atoms with Crippen molar-refractivity contribution in [2.75, 3.05) is 26.6 Å². The van der Waals surface area contributed by atoms with Gasteiger partial charge in [-0.25, -0.2) is 4.79 Å². The Labute approximate surface area is 192 Å². The van der Waals surface area contributed by atoms with Crippen LogP contribution in [0.3, 0.4) is 0 Å². The smallest absolute Gasteiger partial charge is 0.341 e. The Morgan fingerprint density at radius 2 is 1.50 bits per heavy atom. The molecule has 0 aliphatic rings. The summed E-state index contributed by atoms with van der Waals surface area (Å²) in [5.41, 5.74) is 3.92. The minimum atomic E-state index is -0.992. The van der Waals surface area contributed by atoms with Crippen molar-refractivity contribution >= 4 is 23.3 Å². The largest absolute Gasteiger partial charge is 0.496 e. The first-order chi connectivity index (χ1) is 15.5. The van der Waals surface area contributed by atoms with E-state index < -0.39 is 5.97 Å². The molecule has 1 N–H and O–H groups in total. The summed E-state index contributed by atoms with van der Waals surface area (Å²) in [5, 5.41) is 8.80. The summed E-state index contributed by atoms with van der Waals surface area (Å²) in [7, 11) is 3.34. The van der Waals surface area contributed by atoms with Gasteiger partial charge in [0.05, 0.1) is 14.2 Å². The number of aliphatic carboxylic acids is 1. The summed E-state index contributed by atoms with van der Waals surface area (Å²) < 4.78 is 16.5. The van der Waals surface area contributed by atoms with Crippen LogP contribution in [0.5, 0.6) is 17.2 Å². The number of thioether (sulfide) groups is 1. The molecule has 0 bridgehead atoms. The lowest BCUT2D eigenvalue weighted by molar-refractivity contribution is -0.139. The van der Waals surface area contributed by atoms with Crippen LogP contribution in [-0.4, -0.2) is 37.7 Å². The highest BCUT2D eigenvalue weighted by atomic mass is 32.2. The number of ether oxygens (including phenoxy) is 3. The molecule has 0 radical (unpaired) electrons. The van der Waals surface area contributed by atoms with Crippen molar-refractivity contribution in [2.45, 2.75) is 11.8 Å². The highest BCUT2D eigenvalue weighted by molar-refractivity contribution is 7.99. The lowest BCUT2D eigenvalue weighted by atomic mass is 9.96. The quantitative estimate of drug-likeness (QED) is 0.400. The molecule has 32 heavy (non-hydrogen) atoms. The molecule has 0 fully saturated rings. The van der Waals surface area contributed by atoms with Crippen LogP contribution in [0.1, 0.15) is 16.7 Å². The minimum absolute atomic E-state index is 0.350. The van der Waals surface area contributed by atoms with E-state index in [1.807, 2.05) is 73.7 Å². The third-order valence-electron chi connectivity index (χ3n) is 4.83. The number of carbonyl (C=O) groups is 1. The average Bonchev–Trinajstić information content (AvgIpc) is 2.81. The van der Waals surface area contributed by atoms with E-state index in [1.165, 1.54) is 0 Å². The number of carboxylic acid groups (broad SMARTS) is 1. The number of para-hydroxylation sites is 2. The molecule has 0 unspecified atom stereocenters. The lowest BCUT2D eigenvalue weighted by Crippen LogP contribution is -2.09. The van der Waals surface area contributed by atoms with Crippen LogP contribution < -0.4 is 14.2 Å². The SMILES string of the molecule is COc1ccccc1C(=CCSc1ccc(OCC(=O)O)c(C)c1)c1ccccc1OC. The van der Waals surface area contributed by atoms with Crippen molar-refractivity contribution in [1.29, 1.82) is 0 Å². The van der Waals surface area contributed by atoms with Crippen LogP contribution in [0.2, 0.25) is 0 Å². The van der Waals surface area contributed by atoms with Crippen LogP contribution in [-0.2, 0) is 4.79 Å². The first-order valence-corrected chi connectivity index (χ1v) is 11.1. The topological polar surface area (TPSA) is 65.0 Å². The van der Waals surface area contributed by atoms with Gasteiger partial charge in [-0.05, 0) is 48.4 Å². The first-order valence-electron chi connectivity index (χ1n) is 10.1. The molecule has 0 atom stereocenters. The zero-order valence-electron chi connectivity index (χ0n) is 18.3. The fourth-order valence-corrected chi connectivity index (χ4v) is 4.20. The zero-order chi connectivity index (χ0) is 22.9. The Balaban J connectivity index is 1.87. The fraction of sp³-hybridized carbons (Fsp3) is 0.192. The zero-order valence-corrected chi connectivity index (χ0v) is 19.1. The van der Waals surface area contributed by atoms with Crippen LogP contribution in [0.15, 0.2) is 77.7 Å². The molecule has 6 heteroatoms. The Kier molecular flexibility index (Phi) is 8.22. The van der Waals surface area contributed by atoms with Crippen LogP contribution in [0.4, 0.5) is 0 Å². The van der Waals surface area contributed by atoms with Gasteiger partial charge in [0.25, 0.3) is 0 Å². The Bertz CT molecular complexity index is 1060. The summed E-state index contributed by atoms with van der Waals surface area (Å²) >= 11 is 1.68. The average molecular weight is 451 g/mol. The maximum atomic E-state index is 10.7. The first kappa shape index (κ1) is 23.3. The molecule has 3 aromatic carbocycles. The molecule has 3 rings (SSSR count). The normalized spacial score (nSPS) is 10.3. The number of benzene rings is 3. The number of methoxy groups -OCH3 is 2. The maximum absolute atomic E-state index is 10.7. The van der Waals surface area contributed by atoms with Gasteiger partial charge in [-0.2, -0.15) is 0 Å². The van der Waals surface area contributed by atoms with Crippen molar-refractivity contribution in [3.8, 4) is 17.2 Å². The van der Waals surface area contributed by atoms with Crippen LogP contribution in [0.25, 0.3) is 5.57 Å². The predicted molar refractivity (Wildman–Crippen MR) is 128 cm³/mol. The second-order valence-electron chi connectivity index (χ2n) is 6.94. The number of hydrogen-bond donors (Lipinski definition) is 1. The van der Waals surface area contributed by atoms with Crippen LogP contribution in [0, 0.1) is 6.92 Å². The predicted octanol–water partition coefficient (Wildman–Crippen LogP) is 5.70. The molecule has 0 saturated carbocycles. The van der Waals surface area contributed by atoms with Gasteiger partial charge < -0.3 is 19.3 Å². The summed E-state index contributed by atoms with van der Waals surface area (Å²) in [6, 6.07) is 21.6. The van der Waals surface area contributed by atoms with Gasteiger partial charge in [0.15, 0.2) is 6.61 Å². The van der Waals surface area contributed by atoms with Gasteiger partial charge in [0.2, 0.25) is 0 Å². The third kappa shape index (κ3) is 5.86. The molecule has 3 aromatic rings. The minimum Gasteiger partial charge on any atom is -0.496 e. The van der Waals surface area contributed by atoms with Gasteiger partial charge in [0.1, 0.15) is 17.2 Å². The number of hydrogen-bond acceptors (Lipinski definition) is 5. The Morgan fingerprint density at radius 1 is 0.906 bits per heavy atom. The summed E-state index contributed by atoms with van der Waals surface area (Å²) in [6.45, 7) is 1.56. The molecule has 0 saturated heterocycles. The molecule has 5 nitrogen and oxygen atoms in total. The summed E-state index contributed by atoms with van der Waals surface area (Å²) in [6.07, 6.45) is 2.17. The summed E-state index contributed by atoms with van der Waals surface area (Å²) in [4.78, 5) is 11.8. The van der Waals surface area contributed by atoms with E-state index in [0.717, 1.165) is 44.4 Å². The van der Waals surface area contributed by atoms with Gasteiger partial charge in [-0.3, -0.25) is 0 Å². The van der Waals surface area contributed by atoms with Gasteiger partial charge in [0, 0.05) is 21.8 Å². The van der Waals surface area contributed by atoms with Crippen molar-refractivity contribution < 1.29 is 24.1 Å². The second kappa shape index (κ2) is 11.3. The lowest BCUT2D eigenvalue weighted by Gasteiger charge is -2.16. The molecule has 166 valence electrons. The number of rotatable bonds is 10. The van der Waals surface area contributed by atoms with Crippen LogP contribution >= 0.6 is 11.8 Å². The molecule has 0 amide bonds. The van der Waals surface area contributed by atoms with Crippen molar-refractivity contribution in [3.05, 3.63) is 89.5 Å². The van der Waals surface area contributed by atoms with E-state index in [0.29, 0.717) is 5.75 Å². The summed E-state index contributed by atoms with van der Waals surface area (Å²) in [5.74, 6) is 1.90. The Morgan fingerprint density at radius 3 is 2.03 bits per heavy atom. The molecule has 0 aliphatic heterocycles. The molecule has 0 spiro atoms. The molecule has 0 aromatic heterocycles. The highest BCUT2D eigenvalue weighted by Gasteiger charge is 2.14. The van der Waals surface area contributed by atoms with E-state index >= 15 is 0 Å². The maximum Gasteiger partial charge on any atom is 0.341 e. The molecule has 0 aliphatic carbocycles. The highest BCUT2D eigenvalue weighted by Crippen LogP contribution is 2.36.